The average Bonchev–Trinajstić information content (AvgIpc) is 2.70. The number of esters is 1. The van der Waals surface area contributed by atoms with Crippen LogP contribution in [0.3, 0.4) is 0 Å². The van der Waals surface area contributed by atoms with Crippen LogP contribution in [0.15, 0.2) is 4.21 Å². The van der Waals surface area contributed by atoms with Gasteiger partial charge in [0, 0.05) is 11.8 Å². The summed E-state index contributed by atoms with van der Waals surface area (Å²) in [4.78, 5) is 12.4. The average molecular weight is 288 g/mol. The molecule has 4 nitrogen and oxygen atoms in total. The molecule has 1 aliphatic rings. The molecule has 6 heteroatoms. The number of fused-ring (bicyclic) bond motifs is 1. The van der Waals surface area contributed by atoms with Crippen LogP contribution >= 0.6 is 11.3 Å². The molecule has 1 aromatic heterocycles. The Hall–Kier alpha value is -0.720. The van der Waals surface area contributed by atoms with Crippen molar-refractivity contribution < 1.29 is 18.8 Å². The van der Waals surface area contributed by atoms with Crippen molar-refractivity contribution in [2.75, 3.05) is 12.9 Å². The lowest BCUT2D eigenvalue weighted by atomic mass is 9.91. The number of carbonyl (C=O) groups excluding carboxylic acids is 1. The van der Waals surface area contributed by atoms with Gasteiger partial charge < -0.3 is 9.84 Å². The molecule has 1 N–H and O–H groups in total. The molecule has 2 rings (SSSR count). The van der Waals surface area contributed by atoms with Gasteiger partial charge in [0.05, 0.1) is 27.7 Å². The number of thiophene rings is 1. The minimum absolute atomic E-state index is 0.318. The summed E-state index contributed by atoms with van der Waals surface area (Å²) in [5, 5.41) is 10.0. The molecule has 0 amide bonds. The third-order valence-electron chi connectivity index (χ3n) is 2.97. The van der Waals surface area contributed by atoms with E-state index in [1.54, 1.807) is 13.2 Å². The number of aliphatic hydroxyl groups is 1. The topological polar surface area (TPSA) is 63.6 Å². The highest BCUT2D eigenvalue weighted by Crippen LogP contribution is 2.41. The minimum atomic E-state index is -1.19. The molecule has 18 heavy (non-hydrogen) atoms. The largest absolute Gasteiger partial charge is 0.462 e. The molecule has 0 saturated carbocycles. The highest BCUT2D eigenvalue weighted by Gasteiger charge is 2.31. The van der Waals surface area contributed by atoms with Crippen LogP contribution in [0.2, 0.25) is 0 Å². The fourth-order valence-corrected chi connectivity index (χ4v) is 4.55. The summed E-state index contributed by atoms with van der Waals surface area (Å²) in [6, 6.07) is 0. The molecule has 0 aliphatic heterocycles. The van der Waals surface area contributed by atoms with Gasteiger partial charge in [0.1, 0.15) is 4.88 Å². The van der Waals surface area contributed by atoms with Gasteiger partial charge in [-0.3, -0.25) is 4.21 Å². The Morgan fingerprint density at radius 3 is 2.94 bits per heavy atom. The predicted molar refractivity (Wildman–Crippen MR) is 70.5 cm³/mol. The van der Waals surface area contributed by atoms with Crippen molar-refractivity contribution in [1.29, 1.82) is 0 Å². The van der Waals surface area contributed by atoms with Crippen LogP contribution in [0, 0.1) is 0 Å². The maximum Gasteiger partial charge on any atom is 0.348 e. The van der Waals surface area contributed by atoms with Gasteiger partial charge in [0.25, 0.3) is 0 Å². The summed E-state index contributed by atoms with van der Waals surface area (Å²) in [5.41, 5.74) is 1.54. The summed E-state index contributed by atoms with van der Waals surface area (Å²) >= 11 is 1.20. The molecule has 0 bridgehead atoms. The molecule has 2 unspecified atom stereocenters. The summed E-state index contributed by atoms with van der Waals surface area (Å²) in [7, 11) is -1.19. The van der Waals surface area contributed by atoms with Crippen LogP contribution in [0.5, 0.6) is 0 Å². The van der Waals surface area contributed by atoms with E-state index in [1.165, 1.54) is 11.3 Å². The van der Waals surface area contributed by atoms with Crippen LogP contribution in [-0.4, -0.2) is 28.1 Å². The van der Waals surface area contributed by atoms with Gasteiger partial charge >= 0.3 is 5.97 Å². The predicted octanol–water partition coefficient (Wildman–Crippen LogP) is 2.03. The normalized spacial score (nSPS) is 20.3. The van der Waals surface area contributed by atoms with E-state index < -0.39 is 16.9 Å². The van der Waals surface area contributed by atoms with Crippen molar-refractivity contribution >= 4 is 28.1 Å². The first-order chi connectivity index (χ1) is 8.56. The van der Waals surface area contributed by atoms with Crippen molar-refractivity contribution in [3.63, 3.8) is 0 Å². The molecular formula is C12H16O4S2. The van der Waals surface area contributed by atoms with Crippen LogP contribution in [-0.2, 0) is 22.0 Å². The second-order valence-corrected chi connectivity index (χ2v) is 6.79. The van der Waals surface area contributed by atoms with E-state index >= 15 is 0 Å². The number of rotatable bonds is 3. The number of hydrogen-bond donors (Lipinski definition) is 1. The number of carbonyl (C=O) groups is 1. The zero-order chi connectivity index (χ0) is 13.3. The second-order valence-electron chi connectivity index (χ2n) is 4.19. The first kappa shape index (κ1) is 13.7. The van der Waals surface area contributed by atoms with Gasteiger partial charge in [-0.2, -0.15) is 0 Å². The van der Waals surface area contributed by atoms with E-state index in [2.05, 4.69) is 0 Å². The van der Waals surface area contributed by atoms with Gasteiger partial charge in [-0.1, -0.05) is 0 Å². The summed E-state index contributed by atoms with van der Waals surface area (Å²) in [5.74, 6) is -0.371. The van der Waals surface area contributed by atoms with Crippen LogP contribution in [0.4, 0.5) is 0 Å². The van der Waals surface area contributed by atoms with Gasteiger partial charge in [0.15, 0.2) is 0 Å². The lowest BCUT2D eigenvalue weighted by Crippen LogP contribution is -2.12. The summed E-state index contributed by atoms with van der Waals surface area (Å²) in [6.07, 6.45) is 3.21. The molecule has 0 aromatic carbocycles. The molecule has 0 spiro atoms. The van der Waals surface area contributed by atoms with Gasteiger partial charge in [-0.15, -0.1) is 11.3 Å². The first-order valence-electron chi connectivity index (χ1n) is 5.90. The second kappa shape index (κ2) is 5.50. The van der Waals surface area contributed by atoms with Crippen LogP contribution in [0.1, 0.15) is 46.7 Å². The van der Waals surface area contributed by atoms with E-state index in [-0.39, 0.29) is 5.97 Å². The standard InChI is InChI=1S/C12H16O4S2/c1-3-16-11(14)10-7-5-4-6-8(13)9(7)12(17-10)18(2)15/h8,13H,3-6H2,1-2H3. The number of ether oxygens (including phenoxy) is 1. The lowest BCUT2D eigenvalue weighted by Gasteiger charge is -2.19. The molecule has 0 saturated heterocycles. The minimum Gasteiger partial charge on any atom is -0.462 e. The van der Waals surface area contributed by atoms with Crippen LogP contribution < -0.4 is 0 Å². The van der Waals surface area contributed by atoms with Crippen molar-refractivity contribution in [3.05, 3.63) is 16.0 Å². The molecule has 1 aromatic rings. The Labute approximate surface area is 112 Å². The molecule has 100 valence electrons. The zero-order valence-corrected chi connectivity index (χ0v) is 12.0. The third kappa shape index (κ3) is 2.37. The van der Waals surface area contributed by atoms with E-state index in [0.717, 1.165) is 18.4 Å². The molecule has 0 fully saturated rings. The van der Waals surface area contributed by atoms with E-state index in [0.29, 0.717) is 27.7 Å². The monoisotopic (exact) mass is 288 g/mol. The fraction of sp³-hybridized carbons (Fsp3) is 0.583. The molecule has 1 aliphatic carbocycles. The van der Waals surface area contributed by atoms with E-state index in [4.69, 9.17) is 4.74 Å². The quantitative estimate of drug-likeness (QED) is 0.864. The highest BCUT2D eigenvalue weighted by atomic mass is 32.2. The Kier molecular flexibility index (Phi) is 4.19. The Morgan fingerprint density at radius 2 is 2.33 bits per heavy atom. The lowest BCUT2D eigenvalue weighted by molar-refractivity contribution is 0.0530. The smallest absolute Gasteiger partial charge is 0.348 e. The van der Waals surface area contributed by atoms with Crippen molar-refractivity contribution in [2.45, 2.75) is 36.5 Å². The number of hydrogen-bond acceptors (Lipinski definition) is 5. The maximum absolute atomic E-state index is 11.9. The van der Waals surface area contributed by atoms with Gasteiger partial charge in [-0.05, 0) is 31.7 Å². The van der Waals surface area contributed by atoms with Crippen molar-refractivity contribution in [2.24, 2.45) is 0 Å². The summed E-state index contributed by atoms with van der Waals surface area (Å²) in [6.45, 7) is 2.07. The maximum atomic E-state index is 11.9. The summed E-state index contributed by atoms with van der Waals surface area (Å²) < 4.78 is 17.3. The SMILES string of the molecule is CCOC(=O)c1sc(S(C)=O)c2c1CCCC2O. The third-order valence-corrected chi connectivity index (χ3v) is 5.69. The van der Waals surface area contributed by atoms with Crippen LogP contribution in [0.25, 0.3) is 0 Å². The molecule has 2 atom stereocenters. The van der Waals surface area contributed by atoms with Crippen molar-refractivity contribution in [3.8, 4) is 0 Å². The van der Waals surface area contributed by atoms with Crippen molar-refractivity contribution in [1.82, 2.24) is 0 Å². The fourth-order valence-electron chi connectivity index (χ4n) is 2.23. The van der Waals surface area contributed by atoms with Gasteiger partial charge in [-0.25, -0.2) is 4.79 Å². The Balaban J connectivity index is 2.52. The molecule has 1 heterocycles. The van der Waals surface area contributed by atoms with Gasteiger partial charge in [0.2, 0.25) is 0 Å². The Bertz CT molecular complexity index is 493. The Morgan fingerprint density at radius 1 is 1.61 bits per heavy atom. The highest BCUT2D eigenvalue weighted by molar-refractivity contribution is 7.86. The first-order valence-corrected chi connectivity index (χ1v) is 8.27. The molecular weight excluding hydrogens is 272 g/mol. The number of aliphatic hydroxyl groups excluding tert-OH is 1. The van der Waals surface area contributed by atoms with E-state index in [9.17, 15) is 14.1 Å². The zero-order valence-electron chi connectivity index (χ0n) is 10.4. The van der Waals surface area contributed by atoms with E-state index in [1.807, 2.05) is 0 Å². The molecule has 0 radical (unpaired) electrons.